The summed E-state index contributed by atoms with van der Waals surface area (Å²) in [4.78, 5) is 12.3. The van der Waals surface area contributed by atoms with Gasteiger partial charge in [-0.2, -0.15) is 0 Å². The summed E-state index contributed by atoms with van der Waals surface area (Å²) < 4.78 is 0. The van der Waals surface area contributed by atoms with Crippen molar-refractivity contribution in [2.24, 2.45) is 17.8 Å². The maximum atomic E-state index is 12.3. The van der Waals surface area contributed by atoms with Crippen LogP contribution in [0.4, 0.5) is 5.69 Å². The zero-order valence-electron chi connectivity index (χ0n) is 11.7. The van der Waals surface area contributed by atoms with E-state index in [1.165, 1.54) is 6.42 Å². The van der Waals surface area contributed by atoms with Crippen molar-refractivity contribution in [3.63, 3.8) is 0 Å². The maximum absolute atomic E-state index is 12.3. The van der Waals surface area contributed by atoms with Gasteiger partial charge in [0, 0.05) is 22.9 Å². The van der Waals surface area contributed by atoms with Crippen LogP contribution < -0.4 is 5.32 Å². The van der Waals surface area contributed by atoms with Gasteiger partial charge in [-0.15, -0.1) is 0 Å². The molecule has 2 aliphatic carbocycles. The van der Waals surface area contributed by atoms with Gasteiger partial charge in [-0.05, 0) is 49.3 Å². The fraction of sp³-hybridized carbons (Fsp3) is 0.471. The molecule has 0 aromatic heterocycles. The lowest BCUT2D eigenvalue weighted by Gasteiger charge is -2.13. The Bertz CT molecular complexity index is 607. The number of benzene rings is 1. The van der Waals surface area contributed by atoms with E-state index < -0.39 is 0 Å². The van der Waals surface area contributed by atoms with E-state index in [1.807, 2.05) is 0 Å². The highest BCUT2D eigenvalue weighted by molar-refractivity contribution is 6.30. The summed E-state index contributed by atoms with van der Waals surface area (Å²) in [6, 6.07) is 5.28. The molecule has 3 rings (SSSR count). The lowest BCUT2D eigenvalue weighted by atomic mass is 10.0. The molecule has 3 nitrogen and oxygen atoms in total. The van der Waals surface area contributed by atoms with Crippen LogP contribution in [0.5, 0.6) is 0 Å². The van der Waals surface area contributed by atoms with Gasteiger partial charge in [0.1, 0.15) is 0 Å². The van der Waals surface area contributed by atoms with Crippen LogP contribution >= 0.6 is 11.6 Å². The number of carbonyl (C=O) groups excluding carboxylic acids is 1. The molecular weight excluding hydrogens is 286 g/mol. The first kappa shape index (κ1) is 14.4. The van der Waals surface area contributed by atoms with Crippen LogP contribution in [-0.2, 0) is 4.79 Å². The first-order valence-electron chi connectivity index (χ1n) is 7.37. The Morgan fingerprint density at radius 2 is 2.10 bits per heavy atom. The normalized spacial score (nSPS) is 25.7. The molecule has 2 N–H and O–H groups in total. The zero-order valence-corrected chi connectivity index (χ0v) is 12.5. The highest BCUT2D eigenvalue weighted by Crippen LogP contribution is 2.54. The number of anilines is 1. The minimum absolute atomic E-state index is 0.0279. The quantitative estimate of drug-likeness (QED) is 0.843. The van der Waals surface area contributed by atoms with Gasteiger partial charge in [0.05, 0.1) is 12.3 Å². The van der Waals surface area contributed by atoms with Crippen LogP contribution in [0.15, 0.2) is 18.2 Å². The van der Waals surface area contributed by atoms with Crippen molar-refractivity contribution < 1.29 is 9.90 Å². The van der Waals surface area contributed by atoms with Crippen molar-refractivity contribution in [2.75, 3.05) is 11.9 Å². The standard InChI is InChI=1S/C17H18ClNO2/c18-15-4-5-16(11(10-15)3-1-2-6-20)19-17(21)14-8-12-7-13(12)9-14/h4-5,10,12-14,20H,2,6-9H2,(H,19,21). The number of aliphatic hydroxyl groups is 1. The number of hydrogen-bond donors (Lipinski definition) is 2. The molecule has 2 aliphatic rings. The summed E-state index contributed by atoms with van der Waals surface area (Å²) in [6.45, 7) is 0.0279. The van der Waals surface area contributed by atoms with Crippen molar-refractivity contribution in [2.45, 2.75) is 25.7 Å². The third kappa shape index (κ3) is 3.40. The summed E-state index contributed by atoms with van der Waals surface area (Å²) in [5.74, 6) is 7.63. The Kier molecular flexibility index (Phi) is 4.19. The van der Waals surface area contributed by atoms with E-state index in [1.54, 1.807) is 18.2 Å². The zero-order chi connectivity index (χ0) is 14.8. The minimum atomic E-state index is 0.0279. The summed E-state index contributed by atoms with van der Waals surface area (Å²) in [7, 11) is 0. The van der Waals surface area contributed by atoms with E-state index in [0.717, 1.165) is 24.7 Å². The number of halogens is 1. The van der Waals surface area contributed by atoms with Gasteiger partial charge in [0.2, 0.25) is 5.91 Å². The topological polar surface area (TPSA) is 49.3 Å². The Morgan fingerprint density at radius 1 is 1.33 bits per heavy atom. The van der Waals surface area contributed by atoms with E-state index in [0.29, 0.717) is 22.7 Å². The molecule has 0 spiro atoms. The number of rotatable bonds is 3. The van der Waals surface area contributed by atoms with Crippen LogP contribution in [-0.4, -0.2) is 17.6 Å². The van der Waals surface area contributed by atoms with Crippen LogP contribution in [0.3, 0.4) is 0 Å². The molecule has 0 aliphatic heterocycles. The van der Waals surface area contributed by atoms with E-state index in [-0.39, 0.29) is 18.4 Å². The Labute approximate surface area is 129 Å². The molecular formula is C17H18ClNO2. The molecule has 21 heavy (non-hydrogen) atoms. The van der Waals surface area contributed by atoms with Gasteiger partial charge in [0.15, 0.2) is 0 Å². The van der Waals surface area contributed by atoms with Crippen molar-refractivity contribution >= 4 is 23.2 Å². The average Bonchev–Trinajstić information content (AvgIpc) is 3.08. The monoisotopic (exact) mass is 303 g/mol. The van der Waals surface area contributed by atoms with Gasteiger partial charge in [-0.3, -0.25) is 4.79 Å². The molecule has 1 aromatic carbocycles. The molecule has 1 aromatic rings. The van der Waals surface area contributed by atoms with E-state index in [9.17, 15) is 4.79 Å². The molecule has 2 fully saturated rings. The summed E-state index contributed by atoms with van der Waals surface area (Å²) in [6.07, 6.45) is 3.76. The van der Waals surface area contributed by atoms with Crippen LogP contribution in [0, 0.1) is 29.6 Å². The summed E-state index contributed by atoms with van der Waals surface area (Å²) >= 11 is 5.99. The summed E-state index contributed by atoms with van der Waals surface area (Å²) in [5, 5.41) is 12.4. The SMILES string of the molecule is O=C(Nc1ccc(Cl)cc1C#CCCO)C1CC2CC2C1. The average molecular weight is 304 g/mol. The Balaban J connectivity index is 1.72. The van der Waals surface area contributed by atoms with Crippen molar-refractivity contribution in [3.8, 4) is 11.8 Å². The third-order valence-electron chi connectivity index (χ3n) is 4.31. The van der Waals surface area contributed by atoms with E-state index >= 15 is 0 Å². The first-order chi connectivity index (χ1) is 10.2. The fourth-order valence-corrected chi connectivity index (χ4v) is 3.28. The Hall–Kier alpha value is -1.50. The van der Waals surface area contributed by atoms with E-state index in [4.69, 9.17) is 16.7 Å². The predicted octanol–water partition coefficient (Wildman–Crippen LogP) is 3.06. The Morgan fingerprint density at radius 3 is 2.81 bits per heavy atom. The van der Waals surface area contributed by atoms with Crippen molar-refractivity contribution in [1.82, 2.24) is 0 Å². The lowest BCUT2D eigenvalue weighted by molar-refractivity contribution is -0.120. The van der Waals surface area contributed by atoms with Crippen LogP contribution in [0.1, 0.15) is 31.2 Å². The van der Waals surface area contributed by atoms with Gasteiger partial charge < -0.3 is 10.4 Å². The molecule has 0 heterocycles. The number of hydrogen-bond acceptors (Lipinski definition) is 2. The second-order valence-corrected chi connectivity index (χ2v) is 6.32. The van der Waals surface area contributed by atoms with Crippen LogP contribution in [0.2, 0.25) is 5.02 Å². The molecule has 4 heteroatoms. The van der Waals surface area contributed by atoms with Crippen LogP contribution in [0.25, 0.3) is 0 Å². The highest BCUT2D eigenvalue weighted by Gasteiger charge is 2.48. The third-order valence-corrected chi connectivity index (χ3v) is 4.55. The van der Waals surface area contributed by atoms with Crippen molar-refractivity contribution in [1.29, 1.82) is 0 Å². The second-order valence-electron chi connectivity index (χ2n) is 5.88. The summed E-state index contributed by atoms with van der Waals surface area (Å²) in [5.41, 5.74) is 1.41. The molecule has 2 atom stereocenters. The number of amides is 1. The molecule has 2 unspecified atom stereocenters. The molecule has 110 valence electrons. The molecule has 0 radical (unpaired) electrons. The van der Waals surface area contributed by atoms with Gasteiger partial charge in [-0.25, -0.2) is 0 Å². The predicted molar refractivity (Wildman–Crippen MR) is 83.0 cm³/mol. The van der Waals surface area contributed by atoms with Gasteiger partial charge >= 0.3 is 0 Å². The lowest BCUT2D eigenvalue weighted by Crippen LogP contribution is -2.22. The molecule has 0 bridgehead atoms. The molecule has 2 saturated carbocycles. The molecule has 1 amide bonds. The van der Waals surface area contributed by atoms with Gasteiger partial charge in [-0.1, -0.05) is 23.4 Å². The highest BCUT2D eigenvalue weighted by atomic mass is 35.5. The van der Waals surface area contributed by atoms with Gasteiger partial charge in [0.25, 0.3) is 0 Å². The number of carbonyl (C=O) groups is 1. The number of aliphatic hydroxyl groups excluding tert-OH is 1. The number of nitrogens with one attached hydrogen (secondary N) is 1. The molecule has 0 saturated heterocycles. The maximum Gasteiger partial charge on any atom is 0.227 e. The largest absolute Gasteiger partial charge is 0.395 e. The second kappa shape index (κ2) is 6.09. The fourth-order valence-electron chi connectivity index (χ4n) is 3.11. The van der Waals surface area contributed by atoms with Crippen molar-refractivity contribution in [3.05, 3.63) is 28.8 Å². The minimum Gasteiger partial charge on any atom is -0.395 e. The number of fused-ring (bicyclic) bond motifs is 1. The van der Waals surface area contributed by atoms with E-state index in [2.05, 4.69) is 17.2 Å². The first-order valence-corrected chi connectivity index (χ1v) is 7.75. The smallest absolute Gasteiger partial charge is 0.227 e.